The summed E-state index contributed by atoms with van der Waals surface area (Å²) in [5.74, 6) is -0.507. The Balaban J connectivity index is 3.65. The molecule has 0 spiro atoms. The predicted octanol–water partition coefficient (Wildman–Crippen LogP) is 9.70. The van der Waals surface area contributed by atoms with Crippen LogP contribution in [-0.4, -0.2) is 46.1 Å². The van der Waals surface area contributed by atoms with Crippen LogP contribution in [0.4, 0.5) is 0 Å². The van der Waals surface area contributed by atoms with Crippen molar-refractivity contribution in [3.8, 4) is 0 Å². The largest absolute Gasteiger partial charge is 0.394 e. The van der Waals surface area contributed by atoms with Gasteiger partial charge in [0, 0.05) is 0 Å². The summed E-state index contributed by atoms with van der Waals surface area (Å²) >= 11 is 0. The van der Waals surface area contributed by atoms with E-state index in [0.29, 0.717) is 6.42 Å². The molecule has 0 aliphatic heterocycles. The normalized spacial score (nSPS) is 13.9. The number of allylic oxidation sites excluding steroid dienone is 1. The lowest BCUT2D eigenvalue weighted by Gasteiger charge is -2.21. The van der Waals surface area contributed by atoms with Crippen LogP contribution in [-0.2, 0) is 4.79 Å². The molecule has 5 nitrogen and oxygen atoms in total. The number of aliphatic hydroxyl groups excluding tert-OH is 3. The first-order valence-corrected chi connectivity index (χ1v) is 18.5. The number of rotatable bonds is 33. The van der Waals surface area contributed by atoms with Gasteiger partial charge in [-0.3, -0.25) is 4.79 Å². The Morgan fingerprint density at radius 3 is 1.31 bits per heavy atom. The minimum absolute atomic E-state index is 0.360. The smallest absolute Gasteiger partial charge is 0.249 e. The van der Waals surface area contributed by atoms with E-state index in [0.717, 1.165) is 32.1 Å². The van der Waals surface area contributed by atoms with Gasteiger partial charge in [0.2, 0.25) is 5.91 Å². The number of carbonyl (C=O) groups excluding carboxylic acids is 1. The molecule has 0 aromatic rings. The Bertz CT molecular complexity index is 582. The second kappa shape index (κ2) is 33.0. The van der Waals surface area contributed by atoms with Gasteiger partial charge in [0.05, 0.1) is 18.8 Å². The molecule has 4 N–H and O–H groups in total. The van der Waals surface area contributed by atoms with Crippen LogP contribution in [0.15, 0.2) is 12.2 Å². The van der Waals surface area contributed by atoms with Gasteiger partial charge in [0.1, 0.15) is 6.10 Å². The highest BCUT2D eigenvalue weighted by molar-refractivity contribution is 5.80. The topological polar surface area (TPSA) is 89.8 Å². The van der Waals surface area contributed by atoms with Crippen LogP contribution in [0, 0.1) is 0 Å². The number of hydrogen-bond donors (Lipinski definition) is 4. The second-order valence-corrected chi connectivity index (χ2v) is 12.8. The maximum Gasteiger partial charge on any atom is 0.249 e. The molecule has 3 atom stereocenters. The van der Waals surface area contributed by atoms with E-state index in [1.165, 1.54) is 141 Å². The molecule has 0 aliphatic carbocycles. The van der Waals surface area contributed by atoms with Crippen LogP contribution in [0.1, 0.15) is 194 Å². The molecule has 0 aromatic carbocycles. The number of aliphatic hydroxyl groups is 3. The van der Waals surface area contributed by atoms with E-state index in [1.807, 2.05) is 6.08 Å². The molecule has 0 saturated carbocycles. The maximum absolute atomic E-state index is 12.3. The van der Waals surface area contributed by atoms with Crippen LogP contribution in [0.25, 0.3) is 0 Å². The van der Waals surface area contributed by atoms with Crippen molar-refractivity contribution in [2.45, 2.75) is 212 Å². The molecule has 5 heteroatoms. The van der Waals surface area contributed by atoms with E-state index >= 15 is 0 Å². The van der Waals surface area contributed by atoms with E-state index in [-0.39, 0.29) is 6.61 Å². The molecular formula is C37H73NO4. The molecule has 0 aromatic heterocycles. The molecule has 0 rings (SSSR count). The van der Waals surface area contributed by atoms with Gasteiger partial charge in [0.25, 0.3) is 0 Å². The van der Waals surface area contributed by atoms with Gasteiger partial charge in [-0.25, -0.2) is 0 Å². The van der Waals surface area contributed by atoms with Crippen LogP contribution in [0.5, 0.6) is 0 Å². The highest BCUT2D eigenvalue weighted by Gasteiger charge is 2.22. The van der Waals surface area contributed by atoms with Gasteiger partial charge in [-0.2, -0.15) is 0 Å². The monoisotopic (exact) mass is 596 g/mol. The Morgan fingerprint density at radius 2 is 0.929 bits per heavy atom. The molecule has 250 valence electrons. The van der Waals surface area contributed by atoms with Gasteiger partial charge < -0.3 is 20.6 Å². The summed E-state index contributed by atoms with van der Waals surface area (Å²) in [6, 6.07) is -0.790. The minimum atomic E-state index is -1.09. The van der Waals surface area contributed by atoms with Crippen molar-refractivity contribution in [1.82, 2.24) is 5.32 Å². The van der Waals surface area contributed by atoms with Gasteiger partial charge in [-0.1, -0.05) is 187 Å². The zero-order valence-corrected chi connectivity index (χ0v) is 28.1. The van der Waals surface area contributed by atoms with Gasteiger partial charge in [-0.15, -0.1) is 0 Å². The van der Waals surface area contributed by atoms with Crippen LogP contribution in [0.2, 0.25) is 0 Å². The quantitative estimate of drug-likeness (QED) is 0.0449. The first-order chi connectivity index (χ1) is 20.6. The fourth-order valence-electron chi connectivity index (χ4n) is 5.65. The molecule has 0 saturated heterocycles. The summed E-state index contributed by atoms with van der Waals surface area (Å²) < 4.78 is 0. The van der Waals surface area contributed by atoms with Crippen molar-refractivity contribution in [3.05, 3.63) is 12.2 Å². The summed E-state index contributed by atoms with van der Waals surface area (Å²) in [5, 5.41) is 32.8. The lowest BCUT2D eigenvalue weighted by Crippen LogP contribution is -2.48. The zero-order chi connectivity index (χ0) is 30.9. The SMILES string of the molecule is CCCCCCCCCCCCCCCCCCCC/C=C/C(O)C(CO)NC(=O)C(O)CCCCCCCCCC. The van der Waals surface area contributed by atoms with E-state index in [1.54, 1.807) is 6.08 Å². The third kappa shape index (κ3) is 27.9. The first kappa shape index (κ1) is 41.1. The van der Waals surface area contributed by atoms with E-state index in [4.69, 9.17) is 0 Å². The third-order valence-corrected chi connectivity index (χ3v) is 8.63. The van der Waals surface area contributed by atoms with E-state index in [9.17, 15) is 20.1 Å². The summed E-state index contributed by atoms with van der Waals surface area (Å²) in [5.41, 5.74) is 0. The highest BCUT2D eigenvalue weighted by Crippen LogP contribution is 2.15. The van der Waals surface area contributed by atoms with Crippen molar-refractivity contribution < 1.29 is 20.1 Å². The Morgan fingerprint density at radius 1 is 0.571 bits per heavy atom. The van der Waals surface area contributed by atoms with Crippen LogP contribution < -0.4 is 5.32 Å². The fourth-order valence-corrected chi connectivity index (χ4v) is 5.65. The van der Waals surface area contributed by atoms with Crippen LogP contribution in [0.3, 0.4) is 0 Å². The average Bonchev–Trinajstić information content (AvgIpc) is 2.99. The van der Waals surface area contributed by atoms with Crippen molar-refractivity contribution in [2.24, 2.45) is 0 Å². The number of carbonyl (C=O) groups is 1. The molecule has 3 unspecified atom stereocenters. The molecule has 1 amide bonds. The summed E-state index contributed by atoms with van der Waals surface area (Å²) in [6.45, 7) is 4.14. The predicted molar refractivity (Wildman–Crippen MR) is 181 cm³/mol. The molecule has 0 radical (unpaired) electrons. The van der Waals surface area contributed by atoms with E-state index < -0.39 is 24.2 Å². The Hall–Kier alpha value is -0.910. The van der Waals surface area contributed by atoms with Gasteiger partial charge in [-0.05, 0) is 19.3 Å². The molecule has 0 bridgehead atoms. The van der Waals surface area contributed by atoms with Crippen molar-refractivity contribution in [3.63, 3.8) is 0 Å². The zero-order valence-electron chi connectivity index (χ0n) is 28.1. The number of amides is 1. The second-order valence-electron chi connectivity index (χ2n) is 12.8. The maximum atomic E-state index is 12.3. The lowest BCUT2D eigenvalue weighted by molar-refractivity contribution is -0.131. The molecule has 0 heterocycles. The van der Waals surface area contributed by atoms with Crippen LogP contribution >= 0.6 is 0 Å². The lowest BCUT2D eigenvalue weighted by atomic mass is 10.0. The Labute approximate surface area is 261 Å². The molecular weight excluding hydrogens is 522 g/mol. The van der Waals surface area contributed by atoms with Crippen molar-refractivity contribution >= 4 is 5.91 Å². The summed E-state index contributed by atoms with van der Waals surface area (Å²) in [4.78, 5) is 12.3. The van der Waals surface area contributed by atoms with E-state index in [2.05, 4.69) is 19.2 Å². The molecule has 0 aliphatic rings. The fraction of sp³-hybridized carbons (Fsp3) is 0.919. The molecule has 42 heavy (non-hydrogen) atoms. The van der Waals surface area contributed by atoms with Gasteiger partial charge >= 0.3 is 0 Å². The van der Waals surface area contributed by atoms with Crippen molar-refractivity contribution in [2.75, 3.05) is 6.61 Å². The standard InChI is InChI=1S/C37H73NO4/c1-3-5-7-9-11-13-14-15-16-17-18-19-20-21-22-23-24-26-27-29-31-35(40)34(33-39)38-37(42)36(41)32-30-28-25-12-10-8-6-4-2/h29,31,34-36,39-41H,3-28,30,32-33H2,1-2H3,(H,38,42)/b31-29+. The minimum Gasteiger partial charge on any atom is -0.394 e. The molecule has 0 fully saturated rings. The van der Waals surface area contributed by atoms with Gasteiger partial charge in [0.15, 0.2) is 0 Å². The highest BCUT2D eigenvalue weighted by atomic mass is 16.3. The summed E-state index contributed by atoms with van der Waals surface area (Å²) in [7, 11) is 0. The Kier molecular flexibility index (Phi) is 32.3. The number of unbranched alkanes of at least 4 members (excludes halogenated alkanes) is 25. The summed E-state index contributed by atoms with van der Waals surface area (Å²) in [6.07, 6.45) is 36.7. The number of nitrogens with one attached hydrogen (secondary N) is 1. The third-order valence-electron chi connectivity index (χ3n) is 8.63. The first-order valence-electron chi connectivity index (χ1n) is 18.5. The number of hydrogen-bond acceptors (Lipinski definition) is 4. The van der Waals surface area contributed by atoms with Crippen molar-refractivity contribution in [1.29, 1.82) is 0 Å². The average molecular weight is 596 g/mol.